The van der Waals surface area contributed by atoms with Gasteiger partial charge < -0.3 is 19.3 Å². The number of likely N-dealkylation sites (tertiary alicyclic amines) is 1. The minimum absolute atomic E-state index is 0.155. The Morgan fingerprint density at radius 1 is 1.17 bits per heavy atom. The zero-order valence-corrected chi connectivity index (χ0v) is 22.3. The topological polar surface area (TPSA) is 84.9 Å². The Hall–Kier alpha value is -2.87. The maximum Gasteiger partial charge on any atom is 0.410 e. The Labute approximate surface area is 216 Å². The summed E-state index contributed by atoms with van der Waals surface area (Å²) in [7, 11) is 0. The first-order valence-electron chi connectivity index (χ1n) is 12.5. The summed E-state index contributed by atoms with van der Waals surface area (Å²) in [6.07, 6.45) is 3.24. The minimum atomic E-state index is -0.523. The molecule has 0 N–H and O–H groups in total. The highest BCUT2D eigenvalue weighted by Crippen LogP contribution is 2.53. The molecule has 2 aliphatic heterocycles. The van der Waals surface area contributed by atoms with Crippen molar-refractivity contribution in [3.05, 3.63) is 46.4 Å². The molecule has 1 saturated heterocycles. The maximum atomic E-state index is 12.7. The van der Waals surface area contributed by atoms with Gasteiger partial charge in [-0.15, -0.1) is 0 Å². The second-order valence-corrected chi connectivity index (χ2v) is 11.7. The number of hydrogen-bond acceptors (Lipinski definition) is 7. The van der Waals surface area contributed by atoms with Crippen LogP contribution in [-0.4, -0.2) is 52.2 Å². The van der Waals surface area contributed by atoms with E-state index in [1.54, 1.807) is 11.2 Å². The molecule has 0 bridgehead atoms. The lowest BCUT2D eigenvalue weighted by Crippen LogP contribution is -2.48. The van der Waals surface area contributed by atoms with Crippen LogP contribution in [0.1, 0.15) is 82.7 Å². The third-order valence-corrected chi connectivity index (χ3v) is 7.71. The van der Waals surface area contributed by atoms with Gasteiger partial charge in [0.1, 0.15) is 23.9 Å². The average molecular weight is 513 g/mol. The van der Waals surface area contributed by atoms with Crippen molar-refractivity contribution in [2.24, 2.45) is 0 Å². The Morgan fingerprint density at radius 2 is 1.89 bits per heavy atom. The van der Waals surface area contributed by atoms with E-state index in [0.717, 1.165) is 42.1 Å². The van der Waals surface area contributed by atoms with Crippen molar-refractivity contribution < 1.29 is 19.1 Å². The molecule has 1 amide bonds. The summed E-state index contributed by atoms with van der Waals surface area (Å²) < 4.78 is 11.2. The molecule has 3 aliphatic rings. The van der Waals surface area contributed by atoms with Crippen molar-refractivity contribution in [2.45, 2.75) is 76.9 Å². The van der Waals surface area contributed by atoms with E-state index in [1.165, 1.54) is 12.5 Å². The Morgan fingerprint density at radius 3 is 2.56 bits per heavy atom. The Bertz CT molecular complexity index is 1200. The maximum absolute atomic E-state index is 12.7. The van der Waals surface area contributed by atoms with E-state index in [-0.39, 0.29) is 29.5 Å². The van der Waals surface area contributed by atoms with E-state index in [1.807, 2.05) is 26.8 Å². The summed E-state index contributed by atoms with van der Waals surface area (Å²) >= 11 is 6.48. The molecule has 0 saturated carbocycles. The van der Waals surface area contributed by atoms with E-state index in [4.69, 9.17) is 26.1 Å². The van der Waals surface area contributed by atoms with Crippen LogP contribution >= 0.6 is 11.6 Å². The zero-order chi connectivity index (χ0) is 25.8. The molecule has 9 heteroatoms. The molecule has 1 spiro atoms. The number of hydrogen-bond donors (Lipinski definition) is 0. The van der Waals surface area contributed by atoms with E-state index in [9.17, 15) is 9.59 Å². The molecule has 3 heterocycles. The van der Waals surface area contributed by atoms with Crippen molar-refractivity contribution in [1.82, 2.24) is 14.9 Å². The fourth-order valence-electron chi connectivity index (χ4n) is 5.90. The summed E-state index contributed by atoms with van der Waals surface area (Å²) in [5.74, 6) is 0.705. The molecular formula is C27H33ClN4O4. The quantitative estimate of drug-likeness (QED) is 0.480. The van der Waals surface area contributed by atoms with Crippen molar-refractivity contribution in [2.75, 3.05) is 24.5 Å². The van der Waals surface area contributed by atoms with Gasteiger partial charge in [-0.3, -0.25) is 4.79 Å². The number of piperidine rings is 1. The van der Waals surface area contributed by atoms with Gasteiger partial charge in [0.15, 0.2) is 0 Å². The number of amides is 1. The third-order valence-electron chi connectivity index (χ3n) is 7.48. The van der Waals surface area contributed by atoms with Crippen LogP contribution < -0.4 is 4.90 Å². The molecule has 0 radical (unpaired) electrons. The molecular weight excluding hydrogens is 480 g/mol. The molecule has 1 fully saturated rings. The SMILES string of the molecule is CC(=O)OC1C[C@@H](C)c2c1ncnc2N1CC2(CCN(C(=O)OC(C)(C)C)CC2)c2cc(Cl)ccc21. The second-order valence-electron chi connectivity index (χ2n) is 11.2. The number of anilines is 2. The largest absolute Gasteiger partial charge is 0.456 e. The summed E-state index contributed by atoms with van der Waals surface area (Å²) in [5, 5.41) is 0.695. The number of benzene rings is 1. The molecule has 1 unspecified atom stereocenters. The summed E-state index contributed by atoms with van der Waals surface area (Å²) in [4.78, 5) is 37.7. The summed E-state index contributed by atoms with van der Waals surface area (Å²) in [6, 6.07) is 6.03. The summed E-state index contributed by atoms with van der Waals surface area (Å²) in [6.45, 7) is 11.2. The Kier molecular flexibility index (Phi) is 6.14. The number of rotatable bonds is 2. The third kappa shape index (κ3) is 4.40. The van der Waals surface area contributed by atoms with Gasteiger partial charge in [0.05, 0.1) is 5.69 Å². The van der Waals surface area contributed by atoms with E-state index < -0.39 is 5.60 Å². The van der Waals surface area contributed by atoms with E-state index in [2.05, 4.69) is 28.9 Å². The monoisotopic (exact) mass is 512 g/mol. The number of ether oxygens (including phenoxy) is 2. The van der Waals surface area contributed by atoms with Crippen LogP contribution in [0.4, 0.5) is 16.3 Å². The van der Waals surface area contributed by atoms with Crippen LogP contribution in [0, 0.1) is 0 Å². The molecule has 192 valence electrons. The van der Waals surface area contributed by atoms with Gasteiger partial charge >= 0.3 is 12.1 Å². The lowest BCUT2D eigenvalue weighted by atomic mass is 9.74. The second kappa shape index (κ2) is 8.91. The zero-order valence-electron chi connectivity index (χ0n) is 21.5. The first kappa shape index (κ1) is 24.8. The number of aromatic nitrogens is 2. The van der Waals surface area contributed by atoms with Crippen molar-refractivity contribution in [3.8, 4) is 0 Å². The lowest BCUT2D eigenvalue weighted by molar-refractivity contribution is -0.146. The molecule has 8 nitrogen and oxygen atoms in total. The van der Waals surface area contributed by atoms with Crippen LogP contribution in [0.3, 0.4) is 0 Å². The fourth-order valence-corrected chi connectivity index (χ4v) is 6.07. The summed E-state index contributed by atoms with van der Waals surface area (Å²) in [5.41, 5.74) is 3.41. The van der Waals surface area contributed by atoms with E-state index in [0.29, 0.717) is 24.5 Å². The van der Waals surface area contributed by atoms with Crippen LogP contribution in [0.2, 0.25) is 5.02 Å². The van der Waals surface area contributed by atoms with Crippen LogP contribution in [-0.2, 0) is 19.7 Å². The molecule has 2 aromatic rings. The standard InChI is InChI=1S/C27H33ClN4O4/c1-16-12-21(35-17(2)33)23-22(16)24(30-15-29-23)32-14-27(19-13-18(28)6-7-20(19)32)8-10-31(11-9-27)25(34)36-26(3,4)5/h6-7,13,15-16,21H,8-12,14H2,1-5H3/t16-,21?/m1/s1. The van der Waals surface area contributed by atoms with Crippen molar-refractivity contribution in [3.63, 3.8) is 0 Å². The number of fused-ring (bicyclic) bond motifs is 3. The number of carbonyl (C=O) groups excluding carboxylic acids is 2. The number of carbonyl (C=O) groups is 2. The molecule has 1 aromatic heterocycles. The van der Waals surface area contributed by atoms with Gasteiger partial charge in [-0.25, -0.2) is 14.8 Å². The molecule has 5 rings (SSSR count). The van der Waals surface area contributed by atoms with Crippen LogP contribution in [0.25, 0.3) is 0 Å². The lowest BCUT2D eigenvalue weighted by Gasteiger charge is -2.40. The molecule has 36 heavy (non-hydrogen) atoms. The predicted molar refractivity (Wildman–Crippen MR) is 137 cm³/mol. The van der Waals surface area contributed by atoms with Gasteiger partial charge in [-0.1, -0.05) is 18.5 Å². The van der Waals surface area contributed by atoms with Gasteiger partial charge in [-0.2, -0.15) is 0 Å². The fraction of sp³-hybridized carbons (Fsp3) is 0.556. The molecule has 1 aliphatic carbocycles. The highest BCUT2D eigenvalue weighted by atomic mass is 35.5. The van der Waals surface area contributed by atoms with Gasteiger partial charge in [0.25, 0.3) is 0 Å². The van der Waals surface area contributed by atoms with Crippen LogP contribution in [0.15, 0.2) is 24.5 Å². The predicted octanol–water partition coefficient (Wildman–Crippen LogP) is 5.66. The van der Waals surface area contributed by atoms with Gasteiger partial charge in [-0.05, 0) is 69.7 Å². The van der Waals surface area contributed by atoms with E-state index >= 15 is 0 Å². The van der Waals surface area contributed by atoms with Gasteiger partial charge in [0.2, 0.25) is 0 Å². The van der Waals surface area contributed by atoms with Crippen LogP contribution in [0.5, 0.6) is 0 Å². The van der Waals surface area contributed by atoms with Gasteiger partial charge in [0, 0.05) is 48.2 Å². The Balaban J connectivity index is 1.47. The number of esters is 1. The highest BCUT2D eigenvalue weighted by Gasteiger charge is 2.48. The molecule has 1 aromatic carbocycles. The molecule has 2 atom stereocenters. The van der Waals surface area contributed by atoms with Crippen molar-refractivity contribution >= 4 is 35.2 Å². The average Bonchev–Trinajstić information content (AvgIpc) is 3.27. The number of nitrogens with zero attached hydrogens (tertiary/aromatic N) is 4. The highest BCUT2D eigenvalue weighted by molar-refractivity contribution is 6.30. The number of halogens is 1. The minimum Gasteiger partial charge on any atom is -0.456 e. The first-order valence-corrected chi connectivity index (χ1v) is 12.9. The normalized spacial score (nSPS) is 22.4. The van der Waals surface area contributed by atoms with Crippen molar-refractivity contribution in [1.29, 1.82) is 0 Å². The smallest absolute Gasteiger partial charge is 0.410 e. The first-order chi connectivity index (χ1) is 17.0.